The summed E-state index contributed by atoms with van der Waals surface area (Å²) in [5.41, 5.74) is 6.49. The third kappa shape index (κ3) is 3.82. The van der Waals surface area contributed by atoms with Crippen LogP contribution in [-0.2, 0) is 13.6 Å². The number of benzene rings is 1. The van der Waals surface area contributed by atoms with Crippen molar-refractivity contribution < 1.29 is 4.79 Å². The van der Waals surface area contributed by atoms with Crippen LogP contribution in [0.25, 0.3) is 11.1 Å². The zero-order valence-corrected chi connectivity index (χ0v) is 15.0. The number of hydrazine groups is 1. The third-order valence-electron chi connectivity index (χ3n) is 3.53. The van der Waals surface area contributed by atoms with E-state index in [0.29, 0.717) is 12.1 Å². The summed E-state index contributed by atoms with van der Waals surface area (Å²) in [4.78, 5) is 25.0. The van der Waals surface area contributed by atoms with E-state index in [1.165, 1.54) is 14.1 Å². The topological polar surface area (TPSA) is 158 Å². The highest BCUT2D eigenvalue weighted by Crippen LogP contribution is 2.27. The van der Waals surface area contributed by atoms with E-state index >= 15 is 0 Å². The van der Waals surface area contributed by atoms with Gasteiger partial charge in [0.2, 0.25) is 5.96 Å². The number of carbonyl (C=O) groups is 1. The summed E-state index contributed by atoms with van der Waals surface area (Å²) < 4.78 is 1.02. The summed E-state index contributed by atoms with van der Waals surface area (Å²) in [5.74, 6) is 9.86. The number of amides is 1. The van der Waals surface area contributed by atoms with Crippen LogP contribution in [0.1, 0.15) is 16.1 Å². The Balaban J connectivity index is 2.59. The Labute approximate surface area is 154 Å². The summed E-state index contributed by atoms with van der Waals surface area (Å²) in [6.45, 7) is 0.295. The highest BCUT2D eigenvalue weighted by atomic mass is 35.5. The van der Waals surface area contributed by atoms with Crippen molar-refractivity contribution in [1.29, 1.82) is 0 Å². The van der Waals surface area contributed by atoms with Gasteiger partial charge >= 0.3 is 0 Å². The van der Waals surface area contributed by atoms with Gasteiger partial charge in [-0.15, -0.1) is 5.10 Å². The van der Waals surface area contributed by atoms with Gasteiger partial charge in [-0.05, 0) is 17.2 Å². The van der Waals surface area contributed by atoms with Crippen LogP contribution in [0.15, 0.2) is 34.2 Å². The molecule has 10 nitrogen and oxygen atoms in total. The number of nitrogens with two attached hydrogens (primary N) is 3. The molecule has 2 aromatic rings. The predicted molar refractivity (Wildman–Crippen MR) is 98.9 cm³/mol. The van der Waals surface area contributed by atoms with Crippen molar-refractivity contribution in [1.82, 2.24) is 20.1 Å². The average molecular weight is 379 g/mol. The lowest BCUT2D eigenvalue weighted by atomic mass is 10.0. The molecule has 0 spiro atoms. The van der Waals surface area contributed by atoms with E-state index in [2.05, 4.69) is 15.5 Å². The van der Waals surface area contributed by atoms with Crippen LogP contribution in [0.2, 0.25) is 5.02 Å². The Morgan fingerprint density at radius 1 is 1.46 bits per heavy atom. The molecule has 0 saturated carbocycles. The molecule has 0 bridgehead atoms. The van der Waals surface area contributed by atoms with Gasteiger partial charge in [-0.3, -0.25) is 19.9 Å². The maximum Gasteiger partial charge on any atom is 0.280 e. The van der Waals surface area contributed by atoms with Crippen LogP contribution in [0, 0.1) is 0 Å². The highest BCUT2D eigenvalue weighted by Gasteiger charge is 2.22. The molecule has 138 valence electrons. The molecule has 0 saturated heterocycles. The van der Waals surface area contributed by atoms with Gasteiger partial charge in [0.05, 0.1) is 10.6 Å². The number of aryl methyl sites for hydroxylation is 1. The number of hydrogen-bond donors (Lipinski definition) is 4. The van der Waals surface area contributed by atoms with Gasteiger partial charge in [-0.1, -0.05) is 29.8 Å². The van der Waals surface area contributed by atoms with E-state index in [0.717, 1.165) is 15.3 Å². The van der Waals surface area contributed by atoms with Crippen molar-refractivity contribution in [3.8, 4) is 11.1 Å². The fourth-order valence-electron chi connectivity index (χ4n) is 2.23. The van der Waals surface area contributed by atoms with E-state index in [1.807, 2.05) is 6.07 Å². The molecule has 1 heterocycles. The van der Waals surface area contributed by atoms with Crippen molar-refractivity contribution in [2.75, 3.05) is 7.05 Å². The van der Waals surface area contributed by atoms with E-state index < -0.39 is 11.5 Å². The third-order valence-corrected chi connectivity index (χ3v) is 3.90. The number of hydrogen-bond acceptors (Lipinski definition) is 7. The Morgan fingerprint density at radius 2 is 2.15 bits per heavy atom. The first-order chi connectivity index (χ1) is 12.3. The van der Waals surface area contributed by atoms with Crippen molar-refractivity contribution in [2.24, 2.45) is 29.6 Å². The number of carbonyl (C=O) groups excluding carboxylic acids is 1. The minimum Gasteiger partial charge on any atom is -0.326 e. The molecule has 7 N–H and O–H groups in total. The first-order valence-electron chi connectivity index (χ1n) is 7.44. The van der Waals surface area contributed by atoms with Crippen molar-refractivity contribution >= 4 is 23.5 Å². The largest absolute Gasteiger partial charge is 0.326 e. The smallest absolute Gasteiger partial charge is 0.280 e. The van der Waals surface area contributed by atoms with Crippen LogP contribution in [0.4, 0.5) is 0 Å². The summed E-state index contributed by atoms with van der Waals surface area (Å²) >= 11 is 6.33. The first kappa shape index (κ1) is 19.4. The monoisotopic (exact) mass is 378 g/mol. The number of halogens is 1. The lowest BCUT2D eigenvalue weighted by molar-refractivity contribution is 0.0965. The van der Waals surface area contributed by atoms with E-state index in [-0.39, 0.29) is 22.2 Å². The fourth-order valence-corrected chi connectivity index (χ4v) is 2.55. The molecule has 0 atom stereocenters. The molecular formula is C15H19ClN8O2. The first-order valence-corrected chi connectivity index (χ1v) is 7.81. The average Bonchev–Trinajstić information content (AvgIpc) is 2.62. The molecule has 1 amide bonds. The zero-order valence-electron chi connectivity index (χ0n) is 14.2. The number of hydrazone groups is 1. The standard InChI is InChI=1S/C15H19ClN8O2/c1-23(19)15(21-18)20-13(25)12-11(16)10(14(26)24(2)22-12)9-5-3-4-8(6-9)7-17/h3-6H,7,17-19H2,1-2H3,(H,20,21,25). The molecule has 1 aromatic carbocycles. The zero-order chi connectivity index (χ0) is 19.4. The lowest BCUT2D eigenvalue weighted by Gasteiger charge is -2.16. The second kappa shape index (κ2) is 7.95. The quantitative estimate of drug-likeness (QED) is 0.238. The maximum absolute atomic E-state index is 12.5. The molecule has 2 rings (SSSR count). The van der Waals surface area contributed by atoms with Gasteiger partial charge in [0, 0.05) is 20.6 Å². The molecule has 0 fully saturated rings. The highest BCUT2D eigenvalue weighted by molar-refractivity contribution is 6.36. The van der Waals surface area contributed by atoms with Gasteiger partial charge in [0.15, 0.2) is 5.69 Å². The normalized spacial score (nSPS) is 11.3. The Kier molecular flexibility index (Phi) is 5.93. The van der Waals surface area contributed by atoms with Crippen LogP contribution < -0.4 is 28.3 Å². The number of nitrogens with one attached hydrogen (secondary N) is 1. The Bertz CT molecular complexity index is 922. The van der Waals surface area contributed by atoms with E-state index in [4.69, 9.17) is 29.0 Å². The van der Waals surface area contributed by atoms with Crippen molar-refractivity contribution in [3.05, 3.63) is 50.9 Å². The van der Waals surface area contributed by atoms with E-state index in [9.17, 15) is 9.59 Å². The predicted octanol–water partition coefficient (Wildman–Crippen LogP) is -0.676. The van der Waals surface area contributed by atoms with Crippen LogP contribution in [-0.4, -0.2) is 33.7 Å². The summed E-state index contributed by atoms with van der Waals surface area (Å²) in [5, 5.41) is 10.6. The van der Waals surface area contributed by atoms with Crippen LogP contribution >= 0.6 is 11.6 Å². The SMILES string of the molecule is CN(N)/C(=N\N)NC(=O)c1nn(C)c(=O)c(-c2cccc(CN)c2)c1Cl. The van der Waals surface area contributed by atoms with Crippen LogP contribution in [0.3, 0.4) is 0 Å². The Morgan fingerprint density at radius 3 is 2.73 bits per heavy atom. The lowest BCUT2D eigenvalue weighted by Crippen LogP contribution is -2.46. The summed E-state index contributed by atoms with van der Waals surface area (Å²) in [7, 11) is 2.85. The van der Waals surface area contributed by atoms with E-state index in [1.54, 1.807) is 18.2 Å². The molecule has 0 aliphatic heterocycles. The van der Waals surface area contributed by atoms with Gasteiger partial charge in [0.25, 0.3) is 11.5 Å². The van der Waals surface area contributed by atoms with Gasteiger partial charge in [-0.2, -0.15) is 5.10 Å². The minimum absolute atomic E-state index is 0.101. The second-order valence-electron chi connectivity index (χ2n) is 5.39. The minimum atomic E-state index is -0.719. The second-order valence-corrected chi connectivity index (χ2v) is 5.77. The number of aromatic nitrogens is 2. The molecule has 11 heteroatoms. The van der Waals surface area contributed by atoms with Crippen molar-refractivity contribution in [3.63, 3.8) is 0 Å². The number of guanidine groups is 1. The van der Waals surface area contributed by atoms with Crippen molar-refractivity contribution in [2.45, 2.75) is 6.54 Å². The van der Waals surface area contributed by atoms with Gasteiger partial charge < -0.3 is 11.6 Å². The van der Waals surface area contributed by atoms with Gasteiger partial charge in [-0.25, -0.2) is 10.5 Å². The summed E-state index contributed by atoms with van der Waals surface area (Å²) in [6, 6.07) is 6.99. The Hall–Kier alpha value is -2.95. The molecular weight excluding hydrogens is 360 g/mol. The number of nitrogens with zero attached hydrogens (tertiary/aromatic N) is 4. The molecule has 0 radical (unpaired) electrons. The molecule has 0 unspecified atom stereocenters. The fraction of sp³-hybridized carbons (Fsp3) is 0.200. The molecule has 1 aromatic heterocycles. The van der Waals surface area contributed by atoms with Gasteiger partial charge in [0.1, 0.15) is 0 Å². The summed E-state index contributed by atoms with van der Waals surface area (Å²) in [6.07, 6.45) is 0. The molecule has 26 heavy (non-hydrogen) atoms. The molecule has 0 aliphatic rings. The maximum atomic E-state index is 12.5. The number of rotatable bonds is 3. The molecule has 0 aliphatic carbocycles. The van der Waals surface area contributed by atoms with Crippen LogP contribution in [0.5, 0.6) is 0 Å².